The number of ether oxygens (including phenoxy) is 1. The van der Waals surface area contributed by atoms with Crippen molar-refractivity contribution >= 4 is 17.5 Å². The van der Waals surface area contributed by atoms with Crippen molar-refractivity contribution in [3.63, 3.8) is 0 Å². The average Bonchev–Trinajstić information content (AvgIpc) is 2.49. The highest BCUT2D eigenvalue weighted by molar-refractivity contribution is 5.93. The van der Waals surface area contributed by atoms with Gasteiger partial charge in [0.2, 0.25) is 5.91 Å². The Balaban J connectivity index is 1.89. The Labute approximate surface area is 124 Å². The molecule has 0 atom stereocenters. The fraction of sp³-hybridized carbons (Fsp3) is 0.0667. The van der Waals surface area contributed by atoms with E-state index in [-0.39, 0.29) is 12.3 Å². The zero-order valence-corrected chi connectivity index (χ0v) is 11.3. The van der Waals surface area contributed by atoms with Gasteiger partial charge in [-0.2, -0.15) is 0 Å². The molecule has 22 heavy (non-hydrogen) atoms. The van der Waals surface area contributed by atoms with Gasteiger partial charge >= 0.3 is 0 Å². The van der Waals surface area contributed by atoms with Gasteiger partial charge in [0.15, 0.2) is 18.2 Å². The topological polar surface area (TPSA) is 81.4 Å². The van der Waals surface area contributed by atoms with E-state index in [1.165, 1.54) is 30.3 Å². The number of hydrogen-bond donors (Lipinski definition) is 2. The van der Waals surface area contributed by atoms with Crippen molar-refractivity contribution in [3.05, 3.63) is 59.7 Å². The average molecular weight is 306 g/mol. The van der Waals surface area contributed by atoms with Crippen LogP contribution < -0.4 is 15.8 Å². The smallest absolute Gasteiger partial charge is 0.262 e. The highest BCUT2D eigenvalue weighted by Crippen LogP contribution is 2.14. The molecule has 2 rings (SSSR count). The first-order valence-electron chi connectivity index (χ1n) is 6.23. The summed E-state index contributed by atoms with van der Waals surface area (Å²) in [5.41, 5.74) is 5.53. The molecule has 0 radical (unpaired) electrons. The Morgan fingerprint density at radius 3 is 2.32 bits per heavy atom. The van der Waals surface area contributed by atoms with Gasteiger partial charge in [0, 0.05) is 17.3 Å². The van der Waals surface area contributed by atoms with Gasteiger partial charge in [0.05, 0.1) is 0 Å². The first kappa shape index (κ1) is 15.4. The van der Waals surface area contributed by atoms with Crippen molar-refractivity contribution < 1.29 is 23.1 Å². The van der Waals surface area contributed by atoms with Crippen molar-refractivity contribution in [3.8, 4) is 5.75 Å². The van der Waals surface area contributed by atoms with E-state index >= 15 is 0 Å². The predicted molar refractivity (Wildman–Crippen MR) is 75.4 cm³/mol. The molecule has 114 valence electrons. The molecule has 0 aromatic heterocycles. The number of amides is 2. The lowest BCUT2D eigenvalue weighted by Gasteiger charge is -2.08. The molecule has 5 nitrogen and oxygen atoms in total. The maximum Gasteiger partial charge on any atom is 0.262 e. The third kappa shape index (κ3) is 4.02. The monoisotopic (exact) mass is 306 g/mol. The first-order valence-corrected chi connectivity index (χ1v) is 6.23. The SMILES string of the molecule is NC(=O)c1ccc(OCC(=O)Nc2ccc(F)c(F)c2)cc1. The van der Waals surface area contributed by atoms with Gasteiger partial charge in [-0.05, 0) is 36.4 Å². The highest BCUT2D eigenvalue weighted by atomic mass is 19.2. The standard InChI is InChI=1S/C15H12F2N2O3/c16-12-6-3-10(7-13(12)17)19-14(20)8-22-11-4-1-9(2-5-11)15(18)21/h1-7H,8H2,(H2,18,21)(H,19,20). The van der Waals surface area contributed by atoms with Crippen LogP contribution in [0.2, 0.25) is 0 Å². The Bertz CT molecular complexity index is 702. The van der Waals surface area contributed by atoms with Crippen LogP contribution in [-0.4, -0.2) is 18.4 Å². The minimum Gasteiger partial charge on any atom is -0.484 e. The molecule has 2 amide bonds. The zero-order valence-electron chi connectivity index (χ0n) is 11.3. The van der Waals surface area contributed by atoms with Crippen LogP contribution >= 0.6 is 0 Å². The third-order valence-corrected chi connectivity index (χ3v) is 2.71. The lowest BCUT2D eigenvalue weighted by atomic mass is 10.2. The molecule has 0 aliphatic rings. The van der Waals surface area contributed by atoms with Gasteiger partial charge in [-0.3, -0.25) is 9.59 Å². The second-order valence-electron chi connectivity index (χ2n) is 4.35. The van der Waals surface area contributed by atoms with E-state index < -0.39 is 23.4 Å². The minimum atomic E-state index is -1.05. The molecule has 2 aromatic rings. The van der Waals surface area contributed by atoms with Crippen LogP contribution in [0.5, 0.6) is 5.75 Å². The van der Waals surface area contributed by atoms with E-state index in [1.807, 2.05) is 0 Å². The Hall–Kier alpha value is -2.96. The van der Waals surface area contributed by atoms with Crippen LogP contribution in [0.25, 0.3) is 0 Å². The maximum atomic E-state index is 13.0. The molecule has 0 fully saturated rings. The molecule has 2 aromatic carbocycles. The molecule has 0 saturated heterocycles. The molecule has 3 N–H and O–H groups in total. The van der Waals surface area contributed by atoms with Gasteiger partial charge in [0.25, 0.3) is 5.91 Å². The number of benzene rings is 2. The van der Waals surface area contributed by atoms with Crippen molar-refractivity contribution in [2.45, 2.75) is 0 Å². The second-order valence-corrected chi connectivity index (χ2v) is 4.35. The molecule has 7 heteroatoms. The largest absolute Gasteiger partial charge is 0.484 e. The van der Waals surface area contributed by atoms with E-state index in [0.717, 1.165) is 12.1 Å². The molecule has 0 aliphatic heterocycles. The Kier molecular flexibility index (Phi) is 4.67. The molecule has 0 heterocycles. The number of carbonyl (C=O) groups is 2. The van der Waals surface area contributed by atoms with E-state index in [4.69, 9.17) is 10.5 Å². The normalized spacial score (nSPS) is 10.1. The summed E-state index contributed by atoms with van der Waals surface area (Å²) < 4.78 is 30.9. The molecule has 0 bridgehead atoms. The fourth-order valence-electron chi connectivity index (χ4n) is 1.64. The zero-order chi connectivity index (χ0) is 16.1. The number of nitrogens with one attached hydrogen (secondary N) is 1. The Morgan fingerprint density at radius 2 is 1.73 bits per heavy atom. The van der Waals surface area contributed by atoms with Crippen LogP contribution in [-0.2, 0) is 4.79 Å². The summed E-state index contributed by atoms with van der Waals surface area (Å²) in [5, 5.41) is 2.37. The number of carbonyl (C=O) groups excluding carboxylic acids is 2. The number of primary amides is 1. The number of halogens is 2. The van der Waals surface area contributed by atoms with E-state index in [2.05, 4.69) is 5.32 Å². The van der Waals surface area contributed by atoms with Crippen LogP contribution in [0.4, 0.5) is 14.5 Å². The molecule has 0 unspecified atom stereocenters. The lowest BCUT2D eigenvalue weighted by Crippen LogP contribution is -2.20. The van der Waals surface area contributed by atoms with Crippen molar-refractivity contribution in [1.82, 2.24) is 0 Å². The third-order valence-electron chi connectivity index (χ3n) is 2.71. The Morgan fingerprint density at radius 1 is 1.05 bits per heavy atom. The summed E-state index contributed by atoms with van der Waals surface area (Å²) >= 11 is 0. The van der Waals surface area contributed by atoms with Crippen LogP contribution in [0.15, 0.2) is 42.5 Å². The first-order chi connectivity index (χ1) is 10.5. The second kappa shape index (κ2) is 6.66. The quantitative estimate of drug-likeness (QED) is 0.887. The number of nitrogens with two attached hydrogens (primary N) is 1. The molecular formula is C15H12F2N2O3. The van der Waals surface area contributed by atoms with Gasteiger partial charge in [-0.15, -0.1) is 0 Å². The van der Waals surface area contributed by atoms with Gasteiger partial charge in [-0.1, -0.05) is 0 Å². The van der Waals surface area contributed by atoms with Crippen LogP contribution in [0.1, 0.15) is 10.4 Å². The summed E-state index contributed by atoms with van der Waals surface area (Å²) in [6.07, 6.45) is 0. The summed E-state index contributed by atoms with van der Waals surface area (Å²) in [6, 6.07) is 8.92. The van der Waals surface area contributed by atoms with Gasteiger partial charge in [-0.25, -0.2) is 8.78 Å². The summed E-state index contributed by atoms with van der Waals surface area (Å²) in [7, 11) is 0. The summed E-state index contributed by atoms with van der Waals surface area (Å²) in [4.78, 5) is 22.5. The minimum absolute atomic E-state index is 0.122. The van der Waals surface area contributed by atoms with Crippen molar-refractivity contribution in [1.29, 1.82) is 0 Å². The van der Waals surface area contributed by atoms with Crippen LogP contribution in [0, 0.1) is 11.6 Å². The van der Waals surface area contributed by atoms with Crippen molar-refractivity contribution in [2.24, 2.45) is 5.73 Å². The summed E-state index contributed by atoms with van der Waals surface area (Å²) in [5.74, 6) is -2.79. The highest BCUT2D eigenvalue weighted by Gasteiger charge is 2.07. The fourth-order valence-corrected chi connectivity index (χ4v) is 1.64. The molecular weight excluding hydrogens is 294 g/mol. The maximum absolute atomic E-state index is 13.0. The molecule has 0 saturated carbocycles. The van der Waals surface area contributed by atoms with E-state index in [1.54, 1.807) is 0 Å². The van der Waals surface area contributed by atoms with E-state index in [9.17, 15) is 18.4 Å². The van der Waals surface area contributed by atoms with Gasteiger partial charge < -0.3 is 15.8 Å². The predicted octanol–water partition coefficient (Wildman–Crippen LogP) is 2.08. The van der Waals surface area contributed by atoms with Crippen molar-refractivity contribution in [2.75, 3.05) is 11.9 Å². The lowest BCUT2D eigenvalue weighted by molar-refractivity contribution is -0.118. The van der Waals surface area contributed by atoms with E-state index in [0.29, 0.717) is 11.3 Å². The number of anilines is 1. The molecule has 0 spiro atoms. The van der Waals surface area contributed by atoms with Gasteiger partial charge in [0.1, 0.15) is 5.75 Å². The number of hydrogen-bond acceptors (Lipinski definition) is 3. The van der Waals surface area contributed by atoms with Crippen LogP contribution in [0.3, 0.4) is 0 Å². The summed E-state index contributed by atoms with van der Waals surface area (Å²) in [6.45, 7) is -0.324. The number of rotatable bonds is 5. The molecule has 0 aliphatic carbocycles.